The van der Waals surface area contributed by atoms with Gasteiger partial charge in [0.05, 0.1) is 19.1 Å². The van der Waals surface area contributed by atoms with Gasteiger partial charge in [0.25, 0.3) is 0 Å². The van der Waals surface area contributed by atoms with Crippen molar-refractivity contribution in [2.45, 2.75) is 12.5 Å². The van der Waals surface area contributed by atoms with Crippen molar-refractivity contribution >= 4 is 24.2 Å². The summed E-state index contributed by atoms with van der Waals surface area (Å²) in [5.74, 6) is -0.208. The van der Waals surface area contributed by atoms with Gasteiger partial charge in [0.2, 0.25) is 5.91 Å². The lowest BCUT2D eigenvalue weighted by molar-refractivity contribution is -0.117. The molecule has 1 unspecified atom stereocenters. The highest BCUT2D eigenvalue weighted by molar-refractivity contribution is 6.60. The van der Waals surface area contributed by atoms with Gasteiger partial charge in [-0.3, -0.25) is 4.79 Å². The molecule has 1 aromatic carbocycles. The van der Waals surface area contributed by atoms with E-state index in [1.54, 1.807) is 18.2 Å². The molecule has 2 rings (SSSR count). The molecule has 0 aromatic heterocycles. The fraction of sp³-hybridized carbons (Fsp3) is 0.300. The Labute approximate surface area is 93.1 Å². The number of aliphatic hydroxyl groups excluding tert-OH is 1. The number of nitrogens with zero attached hydrogens (tertiary/aromatic N) is 1. The molecule has 1 fully saturated rings. The highest BCUT2D eigenvalue weighted by Gasteiger charge is 2.31. The number of anilines is 1. The number of para-hydroxylation sites is 1. The molecule has 1 aromatic rings. The van der Waals surface area contributed by atoms with Crippen LogP contribution in [0, 0.1) is 0 Å². The van der Waals surface area contributed by atoms with E-state index in [0.29, 0.717) is 5.69 Å². The third-order valence-electron chi connectivity index (χ3n) is 2.61. The quantitative estimate of drug-likeness (QED) is 0.529. The molecule has 3 N–H and O–H groups in total. The highest BCUT2D eigenvalue weighted by atomic mass is 16.4. The number of hydrogen-bond donors (Lipinski definition) is 3. The van der Waals surface area contributed by atoms with E-state index >= 15 is 0 Å². The maximum absolute atomic E-state index is 11.6. The Hall–Kier alpha value is -1.37. The second kappa shape index (κ2) is 4.25. The summed E-state index contributed by atoms with van der Waals surface area (Å²) in [7, 11) is -1.62. The number of β-amino-alcohol motifs (C(OH)–C–C–N with tert-alkyl or cyclic N) is 1. The molecule has 0 bridgehead atoms. The van der Waals surface area contributed by atoms with Crippen molar-refractivity contribution < 1.29 is 19.9 Å². The molecule has 1 aliphatic heterocycles. The standard InChI is InChI=1S/C10H12BNO4/c13-7-5-10(14)12(6-7)9-4-2-1-3-8(9)11(15)16/h1-4,7,13,15-16H,5-6H2. The molecular weight excluding hydrogens is 209 g/mol. The summed E-state index contributed by atoms with van der Waals surface area (Å²) in [5.41, 5.74) is 0.712. The average Bonchev–Trinajstić information content (AvgIpc) is 2.57. The minimum atomic E-state index is -1.62. The van der Waals surface area contributed by atoms with E-state index in [0.717, 1.165) is 0 Å². The number of carbonyl (C=O) groups is 1. The van der Waals surface area contributed by atoms with Gasteiger partial charge in [0, 0.05) is 11.2 Å². The number of carbonyl (C=O) groups excluding carboxylic acids is 1. The van der Waals surface area contributed by atoms with Crippen molar-refractivity contribution in [2.75, 3.05) is 11.4 Å². The summed E-state index contributed by atoms with van der Waals surface area (Å²) < 4.78 is 0. The summed E-state index contributed by atoms with van der Waals surface area (Å²) in [6.45, 7) is 0.197. The van der Waals surface area contributed by atoms with E-state index in [-0.39, 0.29) is 24.3 Å². The molecule has 0 spiro atoms. The molecule has 0 aliphatic carbocycles. The Morgan fingerprint density at radius 3 is 2.56 bits per heavy atom. The number of aliphatic hydroxyl groups is 1. The molecule has 6 heteroatoms. The van der Waals surface area contributed by atoms with E-state index in [2.05, 4.69) is 0 Å². The molecule has 1 aliphatic rings. The first-order valence-corrected chi connectivity index (χ1v) is 5.03. The minimum Gasteiger partial charge on any atom is -0.423 e. The average molecular weight is 221 g/mol. The van der Waals surface area contributed by atoms with Crippen LogP contribution < -0.4 is 10.4 Å². The first-order valence-electron chi connectivity index (χ1n) is 5.03. The van der Waals surface area contributed by atoms with E-state index in [1.165, 1.54) is 11.0 Å². The number of hydrogen-bond acceptors (Lipinski definition) is 4. The summed E-state index contributed by atoms with van der Waals surface area (Å²) in [4.78, 5) is 12.9. The van der Waals surface area contributed by atoms with Gasteiger partial charge in [-0.15, -0.1) is 0 Å². The Morgan fingerprint density at radius 1 is 1.31 bits per heavy atom. The lowest BCUT2D eigenvalue weighted by Gasteiger charge is -2.19. The van der Waals surface area contributed by atoms with Crippen molar-refractivity contribution in [1.29, 1.82) is 0 Å². The van der Waals surface area contributed by atoms with Crippen molar-refractivity contribution in [2.24, 2.45) is 0 Å². The first kappa shape index (κ1) is 11.1. The molecule has 84 valence electrons. The highest BCUT2D eigenvalue weighted by Crippen LogP contribution is 2.19. The monoisotopic (exact) mass is 221 g/mol. The SMILES string of the molecule is O=C1CC(O)CN1c1ccccc1B(O)O. The molecule has 1 atom stereocenters. The molecule has 16 heavy (non-hydrogen) atoms. The summed E-state index contributed by atoms with van der Waals surface area (Å²) in [5, 5.41) is 27.7. The van der Waals surface area contributed by atoms with Gasteiger partial charge in [0.15, 0.2) is 0 Å². The smallest absolute Gasteiger partial charge is 0.423 e. The lowest BCUT2D eigenvalue weighted by Crippen LogP contribution is -2.38. The number of rotatable bonds is 2. The Balaban J connectivity index is 2.36. The third-order valence-corrected chi connectivity index (χ3v) is 2.61. The van der Waals surface area contributed by atoms with Gasteiger partial charge in [-0.1, -0.05) is 18.2 Å². The zero-order valence-electron chi connectivity index (χ0n) is 8.58. The van der Waals surface area contributed by atoms with Crippen LogP contribution in [0.5, 0.6) is 0 Å². The predicted octanol–water partition coefficient (Wildman–Crippen LogP) is -1.54. The van der Waals surface area contributed by atoms with Gasteiger partial charge in [-0.25, -0.2) is 0 Å². The molecule has 0 radical (unpaired) electrons. The Morgan fingerprint density at radius 2 is 2.00 bits per heavy atom. The van der Waals surface area contributed by atoms with Crippen LogP contribution in [0.4, 0.5) is 5.69 Å². The number of amides is 1. The molecule has 5 nitrogen and oxygen atoms in total. The minimum absolute atomic E-state index is 0.0792. The summed E-state index contributed by atoms with van der Waals surface area (Å²) >= 11 is 0. The van der Waals surface area contributed by atoms with Crippen LogP contribution in [0.3, 0.4) is 0 Å². The van der Waals surface area contributed by atoms with Crippen molar-refractivity contribution in [3.63, 3.8) is 0 Å². The zero-order valence-corrected chi connectivity index (χ0v) is 8.58. The van der Waals surface area contributed by atoms with Crippen LogP contribution >= 0.6 is 0 Å². The fourth-order valence-corrected chi connectivity index (χ4v) is 1.87. The van der Waals surface area contributed by atoms with Gasteiger partial charge >= 0.3 is 7.12 Å². The Bertz CT molecular complexity index is 410. The van der Waals surface area contributed by atoms with E-state index in [9.17, 15) is 19.9 Å². The van der Waals surface area contributed by atoms with Crippen LogP contribution in [0.1, 0.15) is 6.42 Å². The van der Waals surface area contributed by atoms with E-state index < -0.39 is 13.2 Å². The van der Waals surface area contributed by atoms with Gasteiger partial charge in [0.1, 0.15) is 0 Å². The van der Waals surface area contributed by atoms with Crippen molar-refractivity contribution in [3.05, 3.63) is 24.3 Å². The second-order valence-electron chi connectivity index (χ2n) is 3.79. The van der Waals surface area contributed by atoms with Gasteiger partial charge < -0.3 is 20.1 Å². The van der Waals surface area contributed by atoms with E-state index in [1.807, 2.05) is 0 Å². The van der Waals surface area contributed by atoms with Crippen LogP contribution in [-0.4, -0.2) is 40.8 Å². The summed E-state index contributed by atoms with van der Waals surface area (Å²) in [6, 6.07) is 6.54. The van der Waals surface area contributed by atoms with Crippen molar-refractivity contribution in [1.82, 2.24) is 0 Å². The van der Waals surface area contributed by atoms with E-state index in [4.69, 9.17) is 0 Å². The van der Waals surface area contributed by atoms with Crippen LogP contribution in [0.15, 0.2) is 24.3 Å². The maximum Gasteiger partial charge on any atom is 0.490 e. The first-order chi connectivity index (χ1) is 7.59. The predicted molar refractivity (Wildman–Crippen MR) is 59.2 cm³/mol. The largest absolute Gasteiger partial charge is 0.490 e. The van der Waals surface area contributed by atoms with Gasteiger partial charge in [-0.05, 0) is 6.07 Å². The Kier molecular flexibility index (Phi) is 2.96. The lowest BCUT2D eigenvalue weighted by atomic mass is 9.79. The van der Waals surface area contributed by atoms with Gasteiger partial charge in [-0.2, -0.15) is 0 Å². The van der Waals surface area contributed by atoms with Crippen molar-refractivity contribution in [3.8, 4) is 0 Å². The van der Waals surface area contributed by atoms with Crippen LogP contribution in [0.25, 0.3) is 0 Å². The normalized spacial score (nSPS) is 20.3. The van der Waals surface area contributed by atoms with Crippen LogP contribution in [0.2, 0.25) is 0 Å². The maximum atomic E-state index is 11.6. The fourth-order valence-electron chi connectivity index (χ4n) is 1.87. The second-order valence-corrected chi connectivity index (χ2v) is 3.79. The third kappa shape index (κ3) is 1.95. The summed E-state index contributed by atoms with van der Waals surface area (Å²) in [6.07, 6.45) is -0.605. The molecule has 0 saturated carbocycles. The molecule has 1 saturated heterocycles. The van der Waals surface area contributed by atoms with Crippen LogP contribution in [-0.2, 0) is 4.79 Å². The molecular formula is C10H12BNO4. The zero-order chi connectivity index (χ0) is 11.7. The molecule has 1 amide bonds. The molecule has 1 heterocycles. The number of benzene rings is 1. The topological polar surface area (TPSA) is 81.0 Å².